The molecule has 0 aliphatic rings. The highest BCUT2D eigenvalue weighted by molar-refractivity contribution is 7.10. The Morgan fingerprint density at radius 3 is 2.87 bits per heavy atom. The summed E-state index contributed by atoms with van der Waals surface area (Å²) in [6.45, 7) is 0. The van der Waals surface area contributed by atoms with Gasteiger partial charge in [0.2, 0.25) is 0 Å². The second-order valence-electron chi connectivity index (χ2n) is 3.24. The third kappa shape index (κ3) is 2.40. The highest BCUT2D eigenvalue weighted by Crippen LogP contribution is 2.31. The lowest BCUT2D eigenvalue weighted by atomic mass is 10.1. The number of thiophene rings is 2. The monoisotopic (exact) mass is 239 g/mol. The van der Waals surface area contributed by atoms with Gasteiger partial charge in [0.15, 0.2) is 0 Å². The molecule has 0 aliphatic carbocycles. The van der Waals surface area contributed by atoms with Gasteiger partial charge >= 0.3 is 0 Å². The normalized spacial score (nSPS) is 12.7. The summed E-state index contributed by atoms with van der Waals surface area (Å²) < 4.78 is 5.26. The molecule has 2 aromatic rings. The molecule has 0 saturated heterocycles. The Morgan fingerprint density at radius 1 is 1.33 bits per heavy atom. The zero-order valence-electron chi connectivity index (χ0n) is 8.47. The first-order valence-corrected chi connectivity index (χ1v) is 6.46. The van der Waals surface area contributed by atoms with Crippen molar-refractivity contribution in [2.45, 2.75) is 12.5 Å². The maximum Gasteiger partial charge on any atom is 0.134 e. The molecule has 4 heteroatoms. The SMILES string of the molecule is COc1ccsc1C(N)Cc1cccs1. The number of hydrogen-bond acceptors (Lipinski definition) is 4. The summed E-state index contributed by atoms with van der Waals surface area (Å²) in [7, 11) is 1.68. The molecule has 0 aromatic carbocycles. The van der Waals surface area contributed by atoms with Gasteiger partial charge in [-0.1, -0.05) is 6.07 Å². The lowest BCUT2D eigenvalue weighted by Gasteiger charge is -2.10. The number of hydrogen-bond donors (Lipinski definition) is 1. The van der Waals surface area contributed by atoms with Crippen LogP contribution in [0.25, 0.3) is 0 Å². The van der Waals surface area contributed by atoms with Crippen LogP contribution < -0.4 is 10.5 Å². The fourth-order valence-electron chi connectivity index (χ4n) is 1.49. The van der Waals surface area contributed by atoms with E-state index in [9.17, 15) is 0 Å². The molecule has 0 amide bonds. The average Bonchev–Trinajstić information content (AvgIpc) is 2.86. The molecule has 0 radical (unpaired) electrons. The topological polar surface area (TPSA) is 35.2 Å². The van der Waals surface area contributed by atoms with Gasteiger partial charge in [0.1, 0.15) is 5.75 Å². The second-order valence-corrected chi connectivity index (χ2v) is 5.22. The van der Waals surface area contributed by atoms with Crippen molar-refractivity contribution in [3.05, 3.63) is 38.7 Å². The molecule has 1 atom stereocenters. The van der Waals surface area contributed by atoms with Crippen LogP contribution in [0.1, 0.15) is 15.8 Å². The van der Waals surface area contributed by atoms with E-state index < -0.39 is 0 Å². The van der Waals surface area contributed by atoms with E-state index in [2.05, 4.69) is 17.5 Å². The van der Waals surface area contributed by atoms with E-state index in [1.165, 1.54) is 4.88 Å². The zero-order chi connectivity index (χ0) is 10.7. The van der Waals surface area contributed by atoms with E-state index in [0.717, 1.165) is 17.0 Å². The summed E-state index contributed by atoms with van der Waals surface area (Å²) in [5.74, 6) is 0.907. The van der Waals surface area contributed by atoms with Crippen molar-refractivity contribution >= 4 is 22.7 Å². The van der Waals surface area contributed by atoms with Crippen LogP contribution in [0.2, 0.25) is 0 Å². The van der Waals surface area contributed by atoms with Gasteiger partial charge in [-0.25, -0.2) is 0 Å². The third-order valence-corrected chi connectivity index (χ3v) is 4.14. The fraction of sp³-hybridized carbons (Fsp3) is 0.273. The minimum atomic E-state index is 0.0404. The van der Waals surface area contributed by atoms with Crippen molar-refractivity contribution in [3.63, 3.8) is 0 Å². The summed E-state index contributed by atoms with van der Waals surface area (Å²) in [5.41, 5.74) is 6.14. The van der Waals surface area contributed by atoms with Crippen LogP contribution in [-0.4, -0.2) is 7.11 Å². The first-order chi connectivity index (χ1) is 7.31. The van der Waals surface area contributed by atoms with Crippen LogP contribution in [-0.2, 0) is 6.42 Å². The number of methoxy groups -OCH3 is 1. The molecule has 0 aliphatic heterocycles. The van der Waals surface area contributed by atoms with Gasteiger partial charge in [-0.3, -0.25) is 0 Å². The van der Waals surface area contributed by atoms with Gasteiger partial charge in [-0.15, -0.1) is 22.7 Å². The van der Waals surface area contributed by atoms with Gasteiger partial charge in [0.25, 0.3) is 0 Å². The van der Waals surface area contributed by atoms with Crippen molar-refractivity contribution in [2.24, 2.45) is 5.73 Å². The van der Waals surface area contributed by atoms with Crippen molar-refractivity contribution in [2.75, 3.05) is 7.11 Å². The zero-order valence-corrected chi connectivity index (χ0v) is 10.1. The summed E-state index contributed by atoms with van der Waals surface area (Å²) in [6.07, 6.45) is 0.883. The van der Waals surface area contributed by atoms with Gasteiger partial charge in [0.05, 0.1) is 12.0 Å². The quantitative estimate of drug-likeness (QED) is 0.890. The lowest BCUT2D eigenvalue weighted by molar-refractivity contribution is 0.409. The Kier molecular flexibility index (Phi) is 3.41. The number of ether oxygens (including phenoxy) is 1. The molecule has 2 N–H and O–H groups in total. The Bertz CT molecular complexity index is 408. The molecular weight excluding hydrogens is 226 g/mol. The summed E-state index contributed by atoms with van der Waals surface area (Å²) in [4.78, 5) is 2.45. The molecule has 2 rings (SSSR count). The highest BCUT2D eigenvalue weighted by atomic mass is 32.1. The standard InChI is InChI=1S/C11H13NOS2/c1-13-10-4-6-15-11(10)9(12)7-8-3-2-5-14-8/h2-6,9H,7,12H2,1H3. The van der Waals surface area contributed by atoms with Crippen LogP contribution in [0.4, 0.5) is 0 Å². The minimum absolute atomic E-state index is 0.0404. The van der Waals surface area contributed by atoms with E-state index >= 15 is 0 Å². The molecule has 15 heavy (non-hydrogen) atoms. The predicted molar refractivity (Wildman–Crippen MR) is 65.8 cm³/mol. The fourth-order valence-corrected chi connectivity index (χ4v) is 3.12. The molecule has 1 unspecified atom stereocenters. The van der Waals surface area contributed by atoms with E-state index in [0.29, 0.717) is 0 Å². The molecule has 0 fully saturated rings. The van der Waals surface area contributed by atoms with Crippen molar-refractivity contribution < 1.29 is 4.74 Å². The first-order valence-electron chi connectivity index (χ1n) is 4.70. The number of rotatable bonds is 4. The Hall–Kier alpha value is -0.840. The first kappa shape index (κ1) is 10.7. The lowest BCUT2D eigenvalue weighted by Crippen LogP contribution is -2.11. The third-order valence-electron chi connectivity index (χ3n) is 2.22. The van der Waals surface area contributed by atoms with Gasteiger partial charge in [-0.05, 0) is 22.9 Å². The summed E-state index contributed by atoms with van der Waals surface area (Å²) >= 11 is 3.40. The molecule has 0 saturated carbocycles. The van der Waals surface area contributed by atoms with E-state index in [1.807, 2.05) is 11.4 Å². The molecule has 2 aromatic heterocycles. The highest BCUT2D eigenvalue weighted by Gasteiger charge is 2.14. The smallest absolute Gasteiger partial charge is 0.134 e. The summed E-state index contributed by atoms with van der Waals surface area (Å²) in [5, 5.41) is 4.09. The minimum Gasteiger partial charge on any atom is -0.496 e. The van der Waals surface area contributed by atoms with E-state index in [1.54, 1.807) is 29.8 Å². The maximum absolute atomic E-state index is 6.14. The van der Waals surface area contributed by atoms with Crippen LogP contribution in [0.3, 0.4) is 0 Å². The molecular formula is C11H13NOS2. The van der Waals surface area contributed by atoms with E-state index in [4.69, 9.17) is 10.5 Å². The van der Waals surface area contributed by atoms with Crippen LogP contribution in [0.5, 0.6) is 5.75 Å². The molecule has 0 bridgehead atoms. The van der Waals surface area contributed by atoms with E-state index in [-0.39, 0.29) is 6.04 Å². The van der Waals surface area contributed by atoms with Crippen molar-refractivity contribution in [1.29, 1.82) is 0 Å². The van der Waals surface area contributed by atoms with Crippen molar-refractivity contribution in [3.8, 4) is 5.75 Å². The van der Waals surface area contributed by atoms with Crippen LogP contribution >= 0.6 is 22.7 Å². The number of nitrogens with two attached hydrogens (primary N) is 1. The Balaban J connectivity index is 2.11. The molecule has 0 spiro atoms. The molecule has 2 nitrogen and oxygen atoms in total. The predicted octanol–water partition coefficient (Wildman–Crippen LogP) is 3.06. The molecule has 80 valence electrons. The largest absolute Gasteiger partial charge is 0.496 e. The summed E-state index contributed by atoms with van der Waals surface area (Å²) in [6, 6.07) is 6.18. The maximum atomic E-state index is 6.14. The van der Waals surface area contributed by atoms with Gasteiger partial charge < -0.3 is 10.5 Å². The van der Waals surface area contributed by atoms with Gasteiger partial charge in [-0.2, -0.15) is 0 Å². The van der Waals surface area contributed by atoms with Crippen LogP contribution in [0.15, 0.2) is 29.0 Å². The Morgan fingerprint density at radius 2 is 2.20 bits per heavy atom. The van der Waals surface area contributed by atoms with Crippen molar-refractivity contribution in [1.82, 2.24) is 0 Å². The van der Waals surface area contributed by atoms with Gasteiger partial charge in [0, 0.05) is 17.3 Å². The second kappa shape index (κ2) is 4.79. The average molecular weight is 239 g/mol. The molecule has 2 heterocycles. The Labute approximate surface area is 97.3 Å². The van der Waals surface area contributed by atoms with Crippen LogP contribution in [0, 0.1) is 0 Å².